The molecule has 4 rings (SSSR count). The van der Waals surface area contributed by atoms with E-state index in [2.05, 4.69) is 47.9 Å². The van der Waals surface area contributed by atoms with Gasteiger partial charge in [-0.15, -0.1) is 0 Å². The van der Waals surface area contributed by atoms with Crippen molar-refractivity contribution in [3.05, 3.63) is 71.8 Å². The molecule has 0 radical (unpaired) electrons. The molecule has 31 nitrogen and oxygen atoms in total. The average Bonchev–Trinajstić information content (AvgIpc) is 1.74. The third-order valence-electron chi connectivity index (χ3n) is 16.0. The molecule has 2 aromatic rings. The summed E-state index contributed by atoms with van der Waals surface area (Å²) in [6.45, 7) is 3.82. The molecule has 2 aliphatic heterocycles. The molecular formula is C63H96N16O15S. The molecule has 0 spiro atoms. The molecule has 2 heterocycles. The summed E-state index contributed by atoms with van der Waals surface area (Å²) in [5.74, 6) is -11.4. The molecule has 524 valence electrons. The van der Waals surface area contributed by atoms with E-state index in [-0.39, 0.29) is 82.9 Å². The number of carboxylic acids is 2. The number of aliphatic carboxylic acids is 2. The fraction of sp³-hybridized carbons (Fsp3) is 0.587. The van der Waals surface area contributed by atoms with Gasteiger partial charge in [-0.05, 0) is 119 Å². The normalized spacial score (nSPS) is 16.8. The highest BCUT2D eigenvalue weighted by atomic mass is 32.2. The Morgan fingerprint density at radius 3 is 1.53 bits per heavy atom. The van der Waals surface area contributed by atoms with Crippen LogP contribution in [0.2, 0.25) is 0 Å². The second-order valence-corrected chi connectivity index (χ2v) is 25.0. The number of hydrogen-bond donors (Lipinski definition) is 16. The number of nitrogens with zero attached hydrogens (tertiary/aromatic N) is 2. The van der Waals surface area contributed by atoms with Crippen LogP contribution in [0.1, 0.15) is 121 Å². The van der Waals surface area contributed by atoms with Gasteiger partial charge in [0, 0.05) is 45.3 Å². The molecule has 2 aliphatic rings. The number of thioether (sulfide) groups is 1. The standard InChI is InChI=1S/C63H96N16O15S/c1-37(2)33-45(57(89)72-41(53(66)85)27-32-95-3)71-50(80)36-70-54(86)46(34-38-15-6-4-7-16-38)76-58(90)47(35-39-17-8-5-9-18-39)77-56(88)42(23-25-51(81)82)73-55(87)43(24-26-52(83)84)74-59(91)49-22-14-31-79(49)62(94)44(20-10-11-28-64)75-60(92)48-21-13-30-78(48)61(93)40(65)19-12-29-69-63(67)68/h4-9,15-18,37,40-49H,10-14,19-36,64-65H2,1-3H3,(H2,66,85)(H,70,86)(H,71,80)(H,72,89)(H,73,87)(H,74,91)(H,75,92)(H,76,90)(H,77,88)(H,81,82)(H,83,84)(H4,67,68,69)/t40-,41-,42-,43-,44-,45-,46-,47-,48-,49-/m0/s1. The first-order valence-electron chi connectivity index (χ1n) is 32.1. The molecule has 10 atom stereocenters. The van der Waals surface area contributed by atoms with Crippen molar-refractivity contribution in [3.63, 3.8) is 0 Å². The van der Waals surface area contributed by atoms with Crippen molar-refractivity contribution in [1.29, 1.82) is 5.41 Å². The number of nitrogens with two attached hydrogens (primary N) is 4. The summed E-state index contributed by atoms with van der Waals surface area (Å²) >= 11 is 1.45. The number of likely N-dealkylation sites (tertiary alicyclic amines) is 2. The number of benzene rings is 2. The number of carbonyl (C=O) groups excluding carboxylic acids is 11. The quantitative estimate of drug-likeness (QED) is 0.0189. The van der Waals surface area contributed by atoms with E-state index in [0.717, 1.165) is 0 Å². The SMILES string of the molecule is CSCC[C@H](NC(=O)[C@H](CC(C)C)NC(=O)CNC(=O)[C@H](Cc1ccccc1)NC(=O)[C@H](Cc1ccccc1)NC(=O)[C@H](CCC(=O)O)NC(=O)[C@H](CCC(=O)O)NC(=O)[C@@H]1CCCN1C(=O)[C@H](CCCCN)NC(=O)[C@@H]1CCCN1C(=O)[C@@H](N)CCCNC(=N)N)C(N)=O. The zero-order chi connectivity index (χ0) is 70.1. The van der Waals surface area contributed by atoms with E-state index in [0.29, 0.717) is 55.5 Å². The molecule has 2 fully saturated rings. The van der Waals surface area contributed by atoms with Gasteiger partial charge in [0.2, 0.25) is 65.0 Å². The van der Waals surface area contributed by atoms with Gasteiger partial charge in [0.05, 0.1) is 12.6 Å². The lowest BCUT2D eigenvalue weighted by atomic mass is 10.0. The lowest BCUT2D eigenvalue weighted by molar-refractivity contribution is -0.144. The predicted molar refractivity (Wildman–Crippen MR) is 352 cm³/mol. The van der Waals surface area contributed by atoms with Crippen LogP contribution in [0.5, 0.6) is 0 Å². The van der Waals surface area contributed by atoms with E-state index < -0.39 is 170 Å². The highest BCUT2D eigenvalue weighted by Crippen LogP contribution is 2.24. The highest BCUT2D eigenvalue weighted by molar-refractivity contribution is 7.98. The summed E-state index contributed by atoms with van der Waals surface area (Å²) in [4.78, 5) is 180. The van der Waals surface area contributed by atoms with Crippen molar-refractivity contribution >= 4 is 94.6 Å². The summed E-state index contributed by atoms with van der Waals surface area (Å²) in [7, 11) is 0. The number of primary amides is 1. The molecule has 95 heavy (non-hydrogen) atoms. The van der Waals surface area contributed by atoms with E-state index in [1.807, 2.05) is 20.1 Å². The van der Waals surface area contributed by atoms with Crippen LogP contribution >= 0.6 is 11.8 Å². The first-order chi connectivity index (χ1) is 45.2. The molecule has 32 heteroatoms. The molecule has 0 bridgehead atoms. The average molecular weight is 1350 g/mol. The molecule has 20 N–H and O–H groups in total. The van der Waals surface area contributed by atoms with Crippen LogP contribution in [0.25, 0.3) is 0 Å². The number of hydrogen-bond acceptors (Lipinski definition) is 17. The summed E-state index contributed by atoms with van der Waals surface area (Å²) in [6, 6.07) is 3.88. The van der Waals surface area contributed by atoms with Gasteiger partial charge in [-0.3, -0.25) is 67.7 Å². The van der Waals surface area contributed by atoms with Gasteiger partial charge in [-0.2, -0.15) is 11.8 Å². The fourth-order valence-corrected chi connectivity index (χ4v) is 11.5. The Morgan fingerprint density at radius 2 is 1.03 bits per heavy atom. The molecule has 2 aromatic carbocycles. The maximum Gasteiger partial charge on any atom is 0.303 e. The minimum absolute atomic E-state index is 0.0404. The van der Waals surface area contributed by atoms with E-state index >= 15 is 0 Å². The Kier molecular flexibility index (Phi) is 33.9. The van der Waals surface area contributed by atoms with Crippen LogP contribution in [-0.2, 0) is 75.2 Å². The van der Waals surface area contributed by atoms with Crippen LogP contribution in [0.4, 0.5) is 0 Å². The Balaban J connectivity index is 1.56. The molecule has 0 aromatic heterocycles. The topological polar surface area (TPSA) is 505 Å². The molecule has 11 amide bonds. The number of unbranched alkanes of at least 4 members (excludes halogenated alkanes) is 1. The van der Waals surface area contributed by atoms with E-state index in [1.54, 1.807) is 60.7 Å². The Bertz CT molecular complexity index is 2950. The zero-order valence-corrected chi connectivity index (χ0v) is 55.0. The molecule has 0 saturated carbocycles. The molecule has 2 saturated heterocycles. The van der Waals surface area contributed by atoms with Crippen molar-refractivity contribution in [2.45, 2.75) is 183 Å². The number of rotatable bonds is 42. The maximum absolute atomic E-state index is 14.6. The van der Waals surface area contributed by atoms with Gasteiger partial charge in [-0.1, -0.05) is 74.5 Å². The van der Waals surface area contributed by atoms with Gasteiger partial charge >= 0.3 is 11.9 Å². The molecule has 0 aliphatic carbocycles. The van der Waals surface area contributed by atoms with Gasteiger partial charge in [0.1, 0.15) is 54.4 Å². The van der Waals surface area contributed by atoms with Crippen LogP contribution in [0, 0.1) is 11.3 Å². The number of carbonyl (C=O) groups is 13. The lowest BCUT2D eigenvalue weighted by Crippen LogP contribution is -2.60. The van der Waals surface area contributed by atoms with Crippen LogP contribution in [-0.4, -0.2) is 208 Å². The third kappa shape index (κ3) is 27.5. The summed E-state index contributed by atoms with van der Waals surface area (Å²) in [5.41, 5.74) is 24.0. The predicted octanol–water partition coefficient (Wildman–Crippen LogP) is -2.30. The Labute approximate surface area is 556 Å². The smallest absolute Gasteiger partial charge is 0.303 e. The van der Waals surface area contributed by atoms with E-state index in [9.17, 15) is 72.5 Å². The minimum atomic E-state index is -1.76. The Morgan fingerprint density at radius 1 is 0.558 bits per heavy atom. The molecule has 0 unspecified atom stereocenters. The molecular weight excluding hydrogens is 1250 g/mol. The summed E-state index contributed by atoms with van der Waals surface area (Å²) < 4.78 is 0. The van der Waals surface area contributed by atoms with Crippen molar-refractivity contribution < 1.29 is 72.5 Å². The van der Waals surface area contributed by atoms with Gasteiger partial charge in [-0.25, -0.2) is 0 Å². The van der Waals surface area contributed by atoms with Crippen LogP contribution in [0.3, 0.4) is 0 Å². The van der Waals surface area contributed by atoms with Gasteiger partial charge < -0.3 is 90.8 Å². The van der Waals surface area contributed by atoms with Crippen molar-refractivity contribution in [1.82, 2.24) is 57.7 Å². The summed E-state index contributed by atoms with van der Waals surface area (Å²) in [5, 5.41) is 50.3. The highest BCUT2D eigenvalue weighted by Gasteiger charge is 2.42. The first kappa shape index (κ1) is 78.5. The lowest BCUT2D eigenvalue weighted by Gasteiger charge is -2.32. The number of amides is 11. The number of nitrogens with one attached hydrogen (secondary N) is 10. The van der Waals surface area contributed by atoms with E-state index in [4.69, 9.17) is 28.3 Å². The number of guanidine groups is 1. The van der Waals surface area contributed by atoms with Crippen LogP contribution in [0.15, 0.2) is 60.7 Å². The minimum Gasteiger partial charge on any atom is -0.481 e. The fourth-order valence-electron chi connectivity index (χ4n) is 11.0. The zero-order valence-electron chi connectivity index (χ0n) is 54.2. The van der Waals surface area contributed by atoms with Crippen molar-refractivity contribution in [2.75, 3.05) is 44.7 Å². The van der Waals surface area contributed by atoms with Gasteiger partial charge in [0.25, 0.3) is 0 Å². The second kappa shape index (κ2) is 41.0. The monoisotopic (exact) mass is 1350 g/mol. The number of carboxylic acid groups (broad SMARTS) is 2. The van der Waals surface area contributed by atoms with Crippen molar-refractivity contribution in [3.8, 4) is 0 Å². The van der Waals surface area contributed by atoms with E-state index in [1.165, 1.54) is 21.6 Å². The largest absolute Gasteiger partial charge is 0.481 e. The second-order valence-electron chi connectivity index (χ2n) is 24.0. The van der Waals surface area contributed by atoms with Crippen LogP contribution < -0.4 is 70.8 Å². The van der Waals surface area contributed by atoms with Gasteiger partial charge in [0.15, 0.2) is 5.96 Å². The first-order valence-corrected chi connectivity index (χ1v) is 33.5. The third-order valence-corrected chi connectivity index (χ3v) is 16.7. The summed E-state index contributed by atoms with van der Waals surface area (Å²) in [6.07, 6.45) is 2.08. The Hall–Kier alpha value is -8.91. The maximum atomic E-state index is 14.6. The van der Waals surface area contributed by atoms with Crippen molar-refractivity contribution in [2.24, 2.45) is 28.9 Å².